The van der Waals surface area contributed by atoms with Crippen molar-refractivity contribution in [2.24, 2.45) is 11.7 Å². The van der Waals surface area contributed by atoms with Crippen molar-refractivity contribution in [3.05, 3.63) is 0 Å². The van der Waals surface area contributed by atoms with Crippen molar-refractivity contribution >= 4 is 5.97 Å². The van der Waals surface area contributed by atoms with Gasteiger partial charge in [-0.3, -0.25) is 4.79 Å². The van der Waals surface area contributed by atoms with Crippen LogP contribution in [0.15, 0.2) is 0 Å². The Morgan fingerprint density at radius 2 is 1.93 bits per heavy atom. The van der Waals surface area contributed by atoms with Crippen LogP contribution in [0.4, 0.5) is 0 Å². The van der Waals surface area contributed by atoms with Gasteiger partial charge in [0.1, 0.15) is 6.04 Å². The van der Waals surface area contributed by atoms with E-state index in [9.17, 15) is 4.79 Å². The summed E-state index contributed by atoms with van der Waals surface area (Å²) in [5.41, 5.74) is 5.71. The number of carbonyl (C=O) groups excluding carboxylic acids is 1. The van der Waals surface area contributed by atoms with Crippen LogP contribution >= 0.6 is 0 Å². The Kier molecular flexibility index (Phi) is 7.39. The second kappa shape index (κ2) is 7.69. The van der Waals surface area contributed by atoms with Gasteiger partial charge in [0, 0.05) is 0 Å². The molecule has 3 nitrogen and oxygen atoms in total. The summed E-state index contributed by atoms with van der Waals surface area (Å²) in [7, 11) is 0. The van der Waals surface area contributed by atoms with E-state index in [0.29, 0.717) is 5.92 Å². The fraction of sp³-hybridized carbons (Fsp3) is 0.917. The normalized spacial score (nSPS) is 15.1. The summed E-state index contributed by atoms with van der Waals surface area (Å²) >= 11 is 0. The second-order valence-corrected chi connectivity index (χ2v) is 4.63. The minimum Gasteiger partial charge on any atom is -0.462 e. The minimum atomic E-state index is -0.445. The molecule has 2 N–H and O–H groups in total. The molecular formula is C12H25NO2. The number of ether oxygens (including phenoxy) is 1. The third-order valence-electron chi connectivity index (χ3n) is 2.29. The summed E-state index contributed by atoms with van der Waals surface area (Å²) in [6.07, 6.45) is 3.64. The van der Waals surface area contributed by atoms with Gasteiger partial charge in [-0.2, -0.15) is 0 Å². The third kappa shape index (κ3) is 7.37. The summed E-state index contributed by atoms with van der Waals surface area (Å²) in [5, 5.41) is 0. The minimum absolute atomic E-state index is 0.0230. The summed E-state index contributed by atoms with van der Waals surface area (Å²) in [6.45, 7) is 8.23. The molecule has 0 saturated carbocycles. The number of nitrogens with two attached hydrogens (primary N) is 1. The highest BCUT2D eigenvalue weighted by Crippen LogP contribution is 2.09. The molecule has 0 amide bonds. The zero-order chi connectivity index (χ0) is 11.8. The van der Waals surface area contributed by atoms with Gasteiger partial charge in [0.15, 0.2) is 0 Å². The first kappa shape index (κ1) is 14.4. The quantitative estimate of drug-likeness (QED) is 0.664. The van der Waals surface area contributed by atoms with Crippen molar-refractivity contribution in [3.8, 4) is 0 Å². The Labute approximate surface area is 93.4 Å². The molecule has 0 aliphatic carbocycles. The van der Waals surface area contributed by atoms with Crippen LogP contribution in [-0.4, -0.2) is 18.1 Å². The van der Waals surface area contributed by atoms with Crippen LogP contribution < -0.4 is 5.73 Å². The van der Waals surface area contributed by atoms with Crippen molar-refractivity contribution < 1.29 is 9.53 Å². The lowest BCUT2D eigenvalue weighted by molar-refractivity contribution is -0.150. The number of esters is 1. The van der Waals surface area contributed by atoms with E-state index in [1.807, 2.05) is 6.92 Å². The SMILES string of the molecule is CCCCC(N)C(=O)OC(C)CC(C)C. The van der Waals surface area contributed by atoms with Crippen LogP contribution in [0.5, 0.6) is 0 Å². The predicted molar refractivity (Wildman–Crippen MR) is 62.5 cm³/mol. The van der Waals surface area contributed by atoms with Gasteiger partial charge in [0.05, 0.1) is 6.10 Å². The molecule has 0 rings (SSSR count). The van der Waals surface area contributed by atoms with Gasteiger partial charge in [0.25, 0.3) is 0 Å². The highest BCUT2D eigenvalue weighted by molar-refractivity contribution is 5.75. The maximum atomic E-state index is 11.5. The van der Waals surface area contributed by atoms with E-state index >= 15 is 0 Å². The van der Waals surface area contributed by atoms with Crippen LogP contribution in [0.3, 0.4) is 0 Å². The van der Waals surface area contributed by atoms with Gasteiger partial charge in [-0.25, -0.2) is 0 Å². The van der Waals surface area contributed by atoms with Gasteiger partial charge < -0.3 is 10.5 Å². The highest BCUT2D eigenvalue weighted by atomic mass is 16.5. The maximum absolute atomic E-state index is 11.5. The van der Waals surface area contributed by atoms with E-state index in [1.165, 1.54) is 0 Å². The van der Waals surface area contributed by atoms with E-state index < -0.39 is 6.04 Å². The average Bonchev–Trinajstić information content (AvgIpc) is 2.12. The van der Waals surface area contributed by atoms with E-state index in [2.05, 4.69) is 20.8 Å². The van der Waals surface area contributed by atoms with Crippen molar-refractivity contribution in [1.29, 1.82) is 0 Å². The zero-order valence-electron chi connectivity index (χ0n) is 10.5. The van der Waals surface area contributed by atoms with Gasteiger partial charge in [-0.15, -0.1) is 0 Å². The van der Waals surface area contributed by atoms with Gasteiger partial charge in [0.2, 0.25) is 0 Å². The Morgan fingerprint density at radius 1 is 1.33 bits per heavy atom. The monoisotopic (exact) mass is 215 g/mol. The van der Waals surface area contributed by atoms with E-state index in [-0.39, 0.29) is 12.1 Å². The lowest BCUT2D eigenvalue weighted by Gasteiger charge is -2.18. The summed E-state index contributed by atoms with van der Waals surface area (Å²) in [5.74, 6) is 0.288. The fourth-order valence-electron chi connectivity index (χ4n) is 1.54. The van der Waals surface area contributed by atoms with E-state index in [1.54, 1.807) is 0 Å². The first-order chi connectivity index (χ1) is 6.97. The van der Waals surface area contributed by atoms with Crippen LogP contribution in [-0.2, 0) is 9.53 Å². The van der Waals surface area contributed by atoms with Gasteiger partial charge >= 0.3 is 5.97 Å². The zero-order valence-corrected chi connectivity index (χ0v) is 10.5. The number of hydrogen-bond acceptors (Lipinski definition) is 3. The Bertz CT molecular complexity index is 180. The van der Waals surface area contributed by atoms with E-state index in [0.717, 1.165) is 25.7 Å². The molecule has 0 fully saturated rings. The van der Waals surface area contributed by atoms with Crippen LogP contribution in [0, 0.1) is 5.92 Å². The molecule has 0 aliphatic heterocycles. The largest absolute Gasteiger partial charge is 0.462 e. The van der Waals surface area contributed by atoms with Gasteiger partial charge in [-0.1, -0.05) is 33.6 Å². The van der Waals surface area contributed by atoms with Crippen molar-refractivity contribution in [2.75, 3.05) is 0 Å². The molecule has 0 radical (unpaired) electrons. The lowest BCUT2D eigenvalue weighted by atomic mass is 10.1. The van der Waals surface area contributed by atoms with Crippen LogP contribution in [0.1, 0.15) is 53.4 Å². The Balaban J connectivity index is 3.80. The standard InChI is InChI=1S/C12H25NO2/c1-5-6-7-11(13)12(14)15-10(4)8-9(2)3/h9-11H,5-8,13H2,1-4H3. The maximum Gasteiger partial charge on any atom is 0.323 e. The first-order valence-electron chi connectivity index (χ1n) is 5.93. The first-order valence-corrected chi connectivity index (χ1v) is 5.93. The highest BCUT2D eigenvalue weighted by Gasteiger charge is 2.17. The van der Waals surface area contributed by atoms with E-state index in [4.69, 9.17) is 10.5 Å². The number of hydrogen-bond donors (Lipinski definition) is 1. The molecular weight excluding hydrogens is 190 g/mol. The average molecular weight is 215 g/mol. The summed E-state index contributed by atoms with van der Waals surface area (Å²) < 4.78 is 5.26. The molecule has 2 unspecified atom stereocenters. The fourth-order valence-corrected chi connectivity index (χ4v) is 1.54. The van der Waals surface area contributed by atoms with Crippen molar-refractivity contribution in [3.63, 3.8) is 0 Å². The van der Waals surface area contributed by atoms with Crippen LogP contribution in [0.2, 0.25) is 0 Å². The summed E-state index contributed by atoms with van der Waals surface area (Å²) in [6, 6.07) is -0.445. The van der Waals surface area contributed by atoms with Crippen LogP contribution in [0.25, 0.3) is 0 Å². The smallest absolute Gasteiger partial charge is 0.323 e. The van der Waals surface area contributed by atoms with Crippen molar-refractivity contribution in [1.82, 2.24) is 0 Å². The molecule has 90 valence electrons. The molecule has 0 aromatic rings. The van der Waals surface area contributed by atoms with Crippen molar-refractivity contribution in [2.45, 2.75) is 65.5 Å². The molecule has 0 saturated heterocycles. The molecule has 0 heterocycles. The molecule has 2 atom stereocenters. The Hall–Kier alpha value is -0.570. The Morgan fingerprint density at radius 3 is 2.40 bits per heavy atom. The predicted octanol–water partition coefficient (Wildman–Crippen LogP) is 2.48. The molecule has 0 bridgehead atoms. The second-order valence-electron chi connectivity index (χ2n) is 4.63. The molecule has 0 aliphatic rings. The molecule has 0 aromatic carbocycles. The molecule has 15 heavy (non-hydrogen) atoms. The number of carbonyl (C=O) groups is 1. The third-order valence-corrected chi connectivity index (χ3v) is 2.29. The molecule has 0 spiro atoms. The molecule has 3 heteroatoms. The topological polar surface area (TPSA) is 52.3 Å². The molecule has 0 aromatic heterocycles. The number of rotatable bonds is 7. The van der Waals surface area contributed by atoms with Gasteiger partial charge in [-0.05, 0) is 25.7 Å². The summed E-state index contributed by atoms with van der Waals surface area (Å²) in [4.78, 5) is 11.5. The number of unbranched alkanes of at least 4 members (excludes halogenated alkanes) is 1. The lowest BCUT2D eigenvalue weighted by Crippen LogP contribution is -2.34.